The molecule has 1 aromatic carbocycles. The zero-order valence-electron chi connectivity index (χ0n) is 7.63. The summed E-state index contributed by atoms with van der Waals surface area (Å²) < 4.78 is 30.4. The zero-order chi connectivity index (χ0) is 10.6. The van der Waals surface area contributed by atoms with Crippen LogP contribution in [0.5, 0.6) is 5.75 Å². The van der Waals surface area contributed by atoms with Crippen molar-refractivity contribution in [1.29, 1.82) is 5.26 Å². The highest BCUT2D eigenvalue weighted by Gasteiger charge is 2.29. The van der Waals surface area contributed by atoms with Crippen LogP contribution in [0.25, 0.3) is 0 Å². The Morgan fingerprint density at radius 2 is 2.07 bits per heavy atom. The van der Waals surface area contributed by atoms with Crippen molar-refractivity contribution in [2.75, 3.05) is 7.11 Å². The van der Waals surface area contributed by atoms with Gasteiger partial charge in [0.15, 0.2) is 0 Å². The van der Waals surface area contributed by atoms with E-state index in [1.807, 2.05) is 0 Å². The monoisotopic (exact) mass is 197 g/mol. The Balaban J connectivity index is 2.92. The van der Waals surface area contributed by atoms with Crippen molar-refractivity contribution in [3.63, 3.8) is 0 Å². The number of alkyl halides is 2. The number of rotatable bonds is 3. The summed E-state index contributed by atoms with van der Waals surface area (Å²) in [5, 5.41) is 8.18. The van der Waals surface area contributed by atoms with E-state index in [0.717, 1.165) is 6.07 Å². The number of nitriles is 1. The Kier molecular flexibility index (Phi) is 3.03. The molecule has 0 heterocycles. The van der Waals surface area contributed by atoms with Gasteiger partial charge in [-0.1, -0.05) is 18.2 Å². The summed E-state index contributed by atoms with van der Waals surface area (Å²) >= 11 is 0. The average Bonchev–Trinajstić information content (AvgIpc) is 2.18. The molecule has 0 spiro atoms. The molecule has 4 heteroatoms. The van der Waals surface area contributed by atoms with Crippen LogP contribution in [0.3, 0.4) is 0 Å². The van der Waals surface area contributed by atoms with Crippen LogP contribution in [-0.4, -0.2) is 13.0 Å². The summed E-state index contributed by atoms with van der Waals surface area (Å²) in [6.07, 6.45) is -0.618. The van der Waals surface area contributed by atoms with Crippen LogP contribution in [0.15, 0.2) is 24.3 Å². The topological polar surface area (TPSA) is 33.0 Å². The first-order valence-electron chi connectivity index (χ1n) is 4.00. The van der Waals surface area contributed by atoms with Crippen LogP contribution in [0, 0.1) is 11.3 Å². The summed E-state index contributed by atoms with van der Waals surface area (Å²) in [6.45, 7) is 0. The van der Waals surface area contributed by atoms with Crippen LogP contribution in [-0.2, 0) is 6.42 Å². The predicted molar refractivity (Wildman–Crippen MR) is 47.3 cm³/mol. The minimum absolute atomic E-state index is 0.335. The maximum absolute atomic E-state index is 12.7. The molecule has 14 heavy (non-hydrogen) atoms. The SMILES string of the molecule is COc1ccccc1CC(F)(F)C#N. The first-order valence-corrected chi connectivity index (χ1v) is 4.00. The molecule has 2 nitrogen and oxygen atoms in total. The second kappa shape index (κ2) is 4.05. The average molecular weight is 197 g/mol. The van der Waals surface area contributed by atoms with Crippen molar-refractivity contribution in [2.24, 2.45) is 0 Å². The van der Waals surface area contributed by atoms with Gasteiger partial charge in [0.2, 0.25) is 0 Å². The molecular formula is C10H9F2NO. The van der Waals surface area contributed by atoms with E-state index < -0.39 is 12.3 Å². The molecule has 0 bridgehead atoms. The van der Waals surface area contributed by atoms with Gasteiger partial charge in [-0.05, 0) is 6.07 Å². The lowest BCUT2D eigenvalue weighted by Crippen LogP contribution is -2.16. The first kappa shape index (κ1) is 10.5. The van der Waals surface area contributed by atoms with E-state index >= 15 is 0 Å². The van der Waals surface area contributed by atoms with Crippen LogP contribution >= 0.6 is 0 Å². The highest BCUT2D eigenvalue weighted by atomic mass is 19.3. The third-order valence-electron chi connectivity index (χ3n) is 1.77. The van der Waals surface area contributed by atoms with E-state index in [9.17, 15) is 8.78 Å². The maximum atomic E-state index is 12.7. The quantitative estimate of drug-likeness (QED) is 0.745. The second-order valence-electron chi connectivity index (χ2n) is 2.80. The van der Waals surface area contributed by atoms with Crippen LogP contribution in [0.4, 0.5) is 8.78 Å². The molecule has 0 fully saturated rings. The molecule has 0 aliphatic rings. The Morgan fingerprint density at radius 3 is 2.64 bits per heavy atom. The molecule has 0 aromatic heterocycles. The minimum atomic E-state index is -3.34. The molecule has 0 atom stereocenters. The summed E-state index contributed by atoms with van der Waals surface area (Å²) in [4.78, 5) is 0. The molecule has 0 amide bonds. The summed E-state index contributed by atoms with van der Waals surface area (Å²) in [7, 11) is 1.41. The number of halogens is 2. The Hall–Kier alpha value is -1.63. The van der Waals surface area contributed by atoms with Crippen molar-refractivity contribution >= 4 is 0 Å². The van der Waals surface area contributed by atoms with Gasteiger partial charge in [0.05, 0.1) is 13.5 Å². The Labute approximate surface area is 80.7 Å². The number of para-hydroxylation sites is 1. The molecule has 74 valence electrons. The number of hydrogen-bond acceptors (Lipinski definition) is 2. The van der Waals surface area contributed by atoms with Crippen LogP contribution in [0.2, 0.25) is 0 Å². The van der Waals surface area contributed by atoms with Gasteiger partial charge in [-0.3, -0.25) is 0 Å². The predicted octanol–water partition coefficient (Wildman–Crippen LogP) is 2.40. The molecule has 0 unspecified atom stereocenters. The lowest BCUT2D eigenvalue weighted by molar-refractivity contribution is 0.0639. The molecule has 0 aliphatic carbocycles. The van der Waals surface area contributed by atoms with E-state index in [4.69, 9.17) is 10.00 Å². The van der Waals surface area contributed by atoms with Crippen molar-refractivity contribution in [3.05, 3.63) is 29.8 Å². The number of hydrogen-bond donors (Lipinski definition) is 0. The smallest absolute Gasteiger partial charge is 0.336 e. The highest BCUT2D eigenvalue weighted by molar-refractivity contribution is 5.34. The van der Waals surface area contributed by atoms with E-state index in [1.165, 1.54) is 13.2 Å². The van der Waals surface area contributed by atoms with Gasteiger partial charge in [0.25, 0.3) is 0 Å². The van der Waals surface area contributed by atoms with E-state index in [2.05, 4.69) is 0 Å². The van der Waals surface area contributed by atoms with Crippen LogP contribution in [0.1, 0.15) is 5.56 Å². The Morgan fingerprint density at radius 1 is 1.43 bits per heavy atom. The third kappa shape index (κ3) is 2.43. The minimum Gasteiger partial charge on any atom is -0.496 e. The van der Waals surface area contributed by atoms with Gasteiger partial charge in [0, 0.05) is 5.56 Å². The van der Waals surface area contributed by atoms with Gasteiger partial charge >= 0.3 is 5.92 Å². The summed E-state index contributed by atoms with van der Waals surface area (Å²) in [6, 6.07) is 7.37. The van der Waals surface area contributed by atoms with Crippen molar-refractivity contribution in [3.8, 4) is 11.8 Å². The number of methoxy groups -OCH3 is 1. The largest absolute Gasteiger partial charge is 0.496 e. The number of nitrogens with zero attached hydrogens (tertiary/aromatic N) is 1. The second-order valence-corrected chi connectivity index (χ2v) is 2.80. The first-order chi connectivity index (χ1) is 6.59. The van der Waals surface area contributed by atoms with Gasteiger partial charge in [-0.25, -0.2) is 0 Å². The van der Waals surface area contributed by atoms with Gasteiger partial charge < -0.3 is 4.74 Å². The van der Waals surface area contributed by atoms with Crippen molar-refractivity contribution < 1.29 is 13.5 Å². The molecule has 1 aromatic rings. The van der Waals surface area contributed by atoms with E-state index in [1.54, 1.807) is 18.2 Å². The molecule has 0 radical (unpaired) electrons. The molecule has 0 saturated heterocycles. The highest BCUT2D eigenvalue weighted by Crippen LogP contribution is 2.25. The zero-order valence-corrected chi connectivity index (χ0v) is 7.63. The Bertz CT molecular complexity index is 357. The number of benzene rings is 1. The normalized spacial score (nSPS) is 10.7. The fourth-order valence-electron chi connectivity index (χ4n) is 1.13. The molecule has 0 aliphatic heterocycles. The molecule has 0 saturated carbocycles. The molecular weight excluding hydrogens is 188 g/mol. The van der Waals surface area contributed by atoms with Gasteiger partial charge in [0.1, 0.15) is 11.8 Å². The summed E-state index contributed by atoms with van der Waals surface area (Å²) in [5.74, 6) is -2.96. The fourth-order valence-corrected chi connectivity index (χ4v) is 1.13. The van der Waals surface area contributed by atoms with E-state index in [0.29, 0.717) is 11.3 Å². The standard InChI is InChI=1S/C10H9F2NO/c1-14-9-5-3-2-4-8(9)6-10(11,12)7-13/h2-5H,6H2,1H3. The number of ether oxygens (including phenoxy) is 1. The van der Waals surface area contributed by atoms with Crippen LogP contribution < -0.4 is 4.74 Å². The van der Waals surface area contributed by atoms with Crippen molar-refractivity contribution in [2.45, 2.75) is 12.3 Å². The molecule has 0 N–H and O–H groups in total. The fraction of sp³-hybridized carbons (Fsp3) is 0.300. The van der Waals surface area contributed by atoms with Gasteiger partial charge in [-0.15, -0.1) is 0 Å². The van der Waals surface area contributed by atoms with Gasteiger partial charge in [-0.2, -0.15) is 14.0 Å². The third-order valence-corrected chi connectivity index (χ3v) is 1.77. The lowest BCUT2D eigenvalue weighted by Gasteiger charge is -2.10. The van der Waals surface area contributed by atoms with Crippen molar-refractivity contribution in [1.82, 2.24) is 0 Å². The lowest BCUT2D eigenvalue weighted by atomic mass is 10.1. The maximum Gasteiger partial charge on any atom is 0.336 e. The summed E-state index contributed by atoms with van der Waals surface area (Å²) in [5.41, 5.74) is 0.335. The molecule has 1 rings (SSSR count). The van der Waals surface area contributed by atoms with E-state index in [-0.39, 0.29) is 0 Å².